The van der Waals surface area contributed by atoms with Crippen molar-refractivity contribution in [3.63, 3.8) is 0 Å². The molecule has 0 heterocycles. The maximum atomic E-state index is 13.0. The molecular formula is C18H16F2N2O5. The van der Waals surface area contributed by atoms with Crippen LogP contribution in [-0.2, 0) is 19.2 Å². The average molecular weight is 378 g/mol. The van der Waals surface area contributed by atoms with Crippen LogP contribution in [0.2, 0.25) is 0 Å². The highest BCUT2D eigenvalue weighted by atomic mass is 19.2. The van der Waals surface area contributed by atoms with E-state index in [0.29, 0.717) is 5.75 Å². The van der Waals surface area contributed by atoms with Gasteiger partial charge < -0.3 is 19.6 Å². The lowest BCUT2D eigenvalue weighted by Crippen LogP contribution is -2.22. The summed E-state index contributed by atoms with van der Waals surface area (Å²) in [6.07, 6.45) is 1.39. The SMILES string of the molecule is COc1ccc(/C=N\OCC(=O)OCC(=O)Nc2ccc(F)c(F)c2)cc1. The van der Waals surface area contributed by atoms with Gasteiger partial charge in [0.2, 0.25) is 6.61 Å². The van der Waals surface area contributed by atoms with Gasteiger partial charge in [-0.05, 0) is 42.0 Å². The molecule has 0 radical (unpaired) electrons. The van der Waals surface area contributed by atoms with Gasteiger partial charge in [0.25, 0.3) is 5.91 Å². The fraction of sp³-hybridized carbons (Fsp3) is 0.167. The van der Waals surface area contributed by atoms with Crippen molar-refractivity contribution in [2.45, 2.75) is 0 Å². The summed E-state index contributed by atoms with van der Waals surface area (Å²) in [4.78, 5) is 27.8. The van der Waals surface area contributed by atoms with Gasteiger partial charge in [-0.25, -0.2) is 13.6 Å². The number of hydrogen-bond donors (Lipinski definition) is 1. The molecule has 0 aliphatic rings. The average Bonchev–Trinajstić information content (AvgIpc) is 2.67. The zero-order valence-corrected chi connectivity index (χ0v) is 14.3. The standard InChI is InChI=1S/C18H16F2N2O5/c1-25-14-5-2-12(3-6-14)9-21-27-11-18(24)26-10-17(23)22-13-4-7-15(19)16(20)8-13/h2-9H,10-11H2,1H3,(H,22,23)/b21-9-. The van der Waals surface area contributed by atoms with Crippen molar-refractivity contribution in [1.82, 2.24) is 0 Å². The Hall–Kier alpha value is -3.49. The summed E-state index contributed by atoms with van der Waals surface area (Å²) in [5.74, 6) is -2.98. The fourth-order valence-corrected chi connectivity index (χ4v) is 1.84. The molecule has 0 saturated carbocycles. The van der Waals surface area contributed by atoms with E-state index in [4.69, 9.17) is 9.57 Å². The second-order valence-corrected chi connectivity index (χ2v) is 5.12. The summed E-state index contributed by atoms with van der Waals surface area (Å²) < 4.78 is 35.5. The van der Waals surface area contributed by atoms with Crippen molar-refractivity contribution in [1.29, 1.82) is 0 Å². The Labute approximate surface area is 153 Å². The Morgan fingerprint density at radius 1 is 1.07 bits per heavy atom. The minimum atomic E-state index is -1.10. The summed E-state index contributed by atoms with van der Waals surface area (Å²) in [6.45, 7) is -1.10. The topological polar surface area (TPSA) is 86.2 Å². The second kappa shape index (κ2) is 9.85. The Kier molecular flexibility index (Phi) is 7.24. The third-order valence-electron chi connectivity index (χ3n) is 3.14. The number of nitrogens with one attached hydrogen (secondary N) is 1. The Bertz CT molecular complexity index is 825. The van der Waals surface area contributed by atoms with Gasteiger partial charge >= 0.3 is 5.97 Å². The first kappa shape index (κ1) is 19.8. The Morgan fingerprint density at radius 3 is 2.48 bits per heavy atom. The Morgan fingerprint density at radius 2 is 1.81 bits per heavy atom. The molecule has 2 aromatic rings. The molecule has 2 rings (SSSR count). The number of rotatable bonds is 8. The van der Waals surface area contributed by atoms with E-state index in [0.717, 1.165) is 17.7 Å². The van der Waals surface area contributed by atoms with Crippen LogP contribution in [0, 0.1) is 11.6 Å². The first-order valence-electron chi connectivity index (χ1n) is 7.68. The largest absolute Gasteiger partial charge is 0.497 e. The highest BCUT2D eigenvalue weighted by Crippen LogP contribution is 2.13. The first-order chi connectivity index (χ1) is 13.0. The zero-order valence-electron chi connectivity index (χ0n) is 14.3. The lowest BCUT2D eigenvalue weighted by Gasteiger charge is -2.06. The number of nitrogens with zero attached hydrogens (tertiary/aromatic N) is 1. The first-order valence-corrected chi connectivity index (χ1v) is 7.68. The van der Waals surface area contributed by atoms with Gasteiger partial charge in [-0.1, -0.05) is 5.16 Å². The summed E-state index contributed by atoms with van der Waals surface area (Å²) >= 11 is 0. The molecule has 7 nitrogen and oxygen atoms in total. The Balaban J connectivity index is 1.68. The lowest BCUT2D eigenvalue weighted by molar-refractivity contribution is -0.151. The molecular weight excluding hydrogens is 362 g/mol. The monoisotopic (exact) mass is 378 g/mol. The predicted octanol–water partition coefficient (Wildman–Crippen LogP) is 2.51. The maximum Gasteiger partial charge on any atom is 0.347 e. The van der Waals surface area contributed by atoms with E-state index in [-0.39, 0.29) is 5.69 Å². The molecule has 0 saturated heterocycles. The number of benzene rings is 2. The van der Waals surface area contributed by atoms with E-state index in [1.807, 2.05) is 0 Å². The number of hydrogen-bond acceptors (Lipinski definition) is 6. The number of ether oxygens (including phenoxy) is 2. The fourth-order valence-electron chi connectivity index (χ4n) is 1.84. The van der Waals surface area contributed by atoms with E-state index in [1.165, 1.54) is 12.3 Å². The van der Waals surface area contributed by atoms with Crippen LogP contribution in [0.1, 0.15) is 5.56 Å². The van der Waals surface area contributed by atoms with Crippen LogP contribution in [0.5, 0.6) is 5.75 Å². The van der Waals surface area contributed by atoms with Crippen LogP contribution >= 0.6 is 0 Å². The number of oxime groups is 1. The van der Waals surface area contributed by atoms with Gasteiger partial charge in [0.15, 0.2) is 18.2 Å². The molecule has 27 heavy (non-hydrogen) atoms. The van der Waals surface area contributed by atoms with Crippen molar-refractivity contribution in [2.75, 3.05) is 25.6 Å². The molecule has 1 amide bonds. The summed E-state index contributed by atoms with van der Waals surface area (Å²) in [5.41, 5.74) is 0.769. The van der Waals surface area contributed by atoms with Crippen LogP contribution < -0.4 is 10.1 Å². The molecule has 0 aliphatic heterocycles. The van der Waals surface area contributed by atoms with E-state index in [1.54, 1.807) is 31.4 Å². The van der Waals surface area contributed by atoms with Crippen molar-refractivity contribution >= 4 is 23.8 Å². The van der Waals surface area contributed by atoms with Crippen molar-refractivity contribution < 1.29 is 32.7 Å². The second-order valence-electron chi connectivity index (χ2n) is 5.12. The number of halogens is 2. The van der Waals surface area contributed by atoms with Crippen LogP contribution in [0.4, 0.5) is 14.5 Å². The molecule has 1 N–H and O–H groups in total. The van der Waals surface area contributed by atoms with E-state index < -0.39 is 36.7 Å². The van der Waals surface area contributed by atoms with Gasteiger partial charge in [0.05, 0.1) is 13.3 Å². The summed E-state index contributed by atoms with van der Waals surface area (Å²) in [6, 6.07) is 9.81. The number of anilines is 1. The molecule has 0 bridgehead atoms. The van der Waals surface area contributed by atoms with E-state index in [2.05, 4.69) is 15.2 Å². The van der Waals surface area contributed by atoms with E-state index >= 15 is 0 Å². The number of esters is 1. The van der Waals surface area contributed by atoms with Gasteiger partial charge in [0, 0.05) is 11.8 Å². The van der Waals surface area contributed by atoms with E-state index in [9.17, 15) is 18.4 Å². The molecule has 0 fully saturated rings. The molecule has 2 aromatic carbocycles. The molecule has 0 aromatic heterocycles. The normalized spacial score (nSPS) is 10.5. The third kappa shape index (κ3) is 6.73. The number of methoxy groups -OCH3 is 1. The number of carbonyl (C=O) groups is 2. The predicted molar refractivity (Wildman–Crippen MR) is 92.5 cm³/mol. The molecule has 0 aliphatic carbocycles. The lowest BCUT2D eigenvalue weighted by atomic mass is 10.2. The third-order valence-corrected chi connectivity index (χ3v) is 3.14. The summed E-state index contributed by atoms with van der Waals surface area (Å²) in [5, 5.41) is 5.87. The van der Waals surface area contributed by atoms with Crippen molar-refractivity contribution in [2.24, 2.45) is 5.16 Å². The van der Waals surface area contributed by atoms with Gasteiger partial charge in [-0.15, -0.1) is 0 Å². The van der Waals surface area contributed by atoms with Crippen LogP contribution in [-0.4, -0.2) is 38.4 Å². The van der Waals surface area contributed by atoms with Gasteiger partial charge in [-0.3, -0.25) is 4.79 Å². The minimum absolute atomic E-state index is 0.0373. The van der Waals surface area contributed by atoms with Crippen LogP contribution in [0.3, 0.4) is 0 Å². The molecule has 9 heteroatoms. The van der Waals surface area contributed by atoms with Crippen molar-refractivity contribution in [3.8, 4) is 5.75 Å². The minimum Gasteiger partial charge on any atom is -0.497 e. The quantitative estimate of drug-likeness (QED) is 0.433. The maximum absolute atomic E-state index is 13.0. The van der Waals surface area contributed by atoms with Gasteiger partial charge in [0.1, 0.15) is 5.75 Å². The zero-order chi connectivity index (χ0) is 19.6. The molecule has 0 atom stereocenters. The van der Waals surface area contributed by atoms with Crippen LogP contribution in [0.25, 0.3) is 0 Å². The summed E-state index contributed by atoms with van der Waals surface area (Å²) in [7, 11) is 1.55. The highest BCUT2D eigenvalue weighted by Gasteiger charge is 2.10. The highest BCUT2D eigenvalue weighted by molar-refractivity contribution is 5.92. The smallest absolute Gasteiger partial charge is 0.347 e. The van der Waals surface area contributed by atoms with Gasteiger partial charge in [-0.2, -0.15) is 0 Å². The molecule has 0 unspecified atom stereocenters. The number of carbonyl (C=O) groups excluding carboxylic acids is 2. The molecule has 0 spiro atoms. The number of amides is 1. The van der Waals surface area contributed by atoms with Crippen LogP contribution in [0.15, 0.2) is 47.6 Å². The van der Waals surface area contributed by atoms with Crippen molar-refractivity contribution in [3.05, 3.63) is 59.7 Å². The molecule has 142 valence electrons.